The number of hydrogen-bond donors (Lipinski definition) is 0. The molecule has 21 heavy (non-hydrogen) atoms. The Morgan fingerprint density at radius 1 is 1.48 bits per heavy atom. The van der Waals surface area contributed by atoms with Crippen LogP contribution in [-0.2, 0) is 0 Å². The SMILES string of the molecule is CN(C)C1CCCN(C(=O)c2cc([N+](=O)[O-])ccc2F)C1. The number of likely N-dealkylation sites (tertiary alicyclic amines) is 1. The average Bonchev–Trinajstić information content (AvgIpc) is 2.47. The minimum atomic E-state index is -0.724. The number of piperidine rings is 1. The number of non-ortho nitro benzene ring substituents is 1. The van der Waals surface area contributed by atoms with Gasteiger partial charge in [0.25, 0.3) is 11.6 Å². The van der Waals surface area contributed by atoms with Crippen molar-refractivity contribution in [2.75, 3.05) is 27.2 Å². The highest BCUT2D eigenvalue weighted by atomic mass is 19.1. The largest absolute Gasteiger partial charge is 0.337 e. The lowest BCUT2D eigenvalue weighted by Gasteiger charge is -2.36. The van der Waals surface area contributed by atoms with Crippen molar-refractivity contribution < 1.29 is 14.1 Å². The molecular formula is C14H18FN3O3. The number of nitro benzene ring substituents is 1. The van der Waals surface area contributed by atoms with Gasteiger partial charge in [0.05, 0.1) is 10.5 Å². The molecule has 2 rings (SSSR count). The Balaban J connectivity index is 2.23. The van der Waals surface area contributed by atoms with Crippen LogP contribution in [0.3, 0.4) is 0 Å². The molecule has 0 saturated carbocycles. The van der Waals surface area contributed by atoms with E-state index in [1.807, 2.05) is 19.0 Å². The van der Waals surface area contributed by atoms with Gasteiger partial charge < -0.3 is 9.80 Å². The van der Waals surface area contributed by atoms with Crippen LogP contribution in [0.15, 0.2) is 18.2 Å². The smallest absolute Gasteiger partial charge is 0.270 e. The van der Waals surface area contributed by atoms with E-state index in [-0.39, 0.29) is 17.3 Å². The first-order valence-corrected chi connectivity index (χ1v) is 6.80. The highest BCUT2D eigenvalue weighted by molar-refractivity contribution is 5.95. The van der Waals surface area contributed by atoms with Gasteiger partial charge in [-0.1, -0.05) is 0 Å². The van der Waals surface area contributed by atoms with Gasteiger partial charge in [-0.15, -0.1) is 0 Å². The van der Waals surface area contributed by atoms with Gasteiger partial charge in [-0.05, 0) is 33.0 Å². The first-order valence-electron chi connectivity index (χ1n) is 6.80. The molecule has 1 unspecified atom stereocenters. The average molecular weight is 295 g/mol. The topological polar surface area (TPSA) is 66.7 Å². The van der Waals surface area contributed by atoms with Crippen LogP contribution in [0.25, 0.3) is 0 Å². The zero-order chi connectivity index (χ0) is 15.6. The Bertz CT molecular complexity index is 562. The van der Waals surface area contributed by atoms with Gasteiger partial charge in [0, 0.05) is 31.3 Å². The van der Waals surface area contributed by atoms with E-state index in [1.165, 1.54) is 0 Å². The van der Waals surface area contributed by atoms with Crippen molar-refractivity contribution in [3.63, 3.8) is 0 Å². The first kappa shape index (κ1) is 15.4. The summed E-state index contributed by atoms with van der Waals surface area (Å²) in [6, 6.07) is 3.27. The van der Waals surface area contributed by atoms with Crippen LogP contribution in [0.2, 0.25) is 0 Å². The molecule has 1 aromatic rings. The number of nitro groups is 1. The van der Waals surface area contributed by atoms with Gasteiger partial charge in [0.2, 0.25) is 0 Å². The van der Waals surface area contributed by atoms with Gasteiger partial charge in [-0.2, -0.15) is 0 Å². The van der Waals surface area contributed by atoms with Crippen LogP contribution < -0.4 is 0 Å². The maximum atomic E-state index is 13.8. The second kappa shape index (κ2) is 6.17. The fourth-order valence-corrected chi connectivity index (χ4v) is 2.52. The van der Waals surface area contributed by atoms with E-state index in [4.69, 9.17) is 0 Å². The van der Waals surface area contributed by atoms with Crippen molar-refractivity contribution in [1.29, 1.82) is 0 Å². The van der Waals surface area contributed by atoms with Crippen LogP contribution in [0.1, 0.15) is 23.2 Å². The van der Waals surface area contributed by atoms with E-state index in [2.05, 4.69) is 0 Å². The summed E-state index contributed by atoms with van der Waals surface area (Å²) in [7, 11) is 3.87. The molecule has 1 amide bonds. The fourth-order valence-electron chi connectivity index (χ4n) is 2.52. The van der Waals surface area contributed by atoms with Crippen molar-refractivity contribution in [2.45, 2.75) is 18.9 Å². The molecule has 6 nitrogen and oxygen atoms in total. The molecule has 0 radical (unpaired) electrons. The normalized spacial score (nSPS) is 18.9. The number of halogens is 1. The molecule has 1 aliphatic rings. The maximum absolute atomic E-state index is 13.8. The predicted octanol–water partition coefficient (Wildman–Crippen LogP) is 1.90. The highest BCUT2D eigenvalue weighted by Gasteiger charge is 2.28. The Morgan fingerprint density at radius 3 is 2.81 bits per heavy atom. The summed E-state index contributed by atoms with van der Waals surface area (Å²) in [5.74, 6) is -1.21. The summed E-state index contributed by atoms with van der Waals surface area (Å²) < 4.78 is 13.8. The molecule has 0 N–H and O–H groups in total. The van der Waals surface area contributed by atoms with Crippen molar-refractivity contribution >= 4 is 11.6 Å². The molecule has 1 saturated heterocycles. The van der Waals surface area contributed by atoms with Crippen LogP contribution in [-0.4, -0.2) is 53.9 Å². The van der Waals surface area contributed by atoms with E-state index in [0.29, 0.717) is 13.1 Å². The van der Waals surface area contributed by atoms with Crippen LogP contribution in [0.5, 0.6) is 0 Å². The minimum absolute atomic E-state index is 0.226. The van der Waals surface area contributed by atoms with Gasteiger partial charge in [-0.25, -0.2) is 4.39 Å². The number of nitrogens with zero attached hydrogens (tertiary/aromatic N) is 3. The summed E-state index contributed by atoms with van der Waals surface area (Å²) in [5.41, 5.74) is -0.510. The zero-order valence-electron chi connectivity index (χ0n) is 12.1. The third-order valence-electron chi connectivity index (χ3n) is 3.81. The summed E-state index contributed by atoms with van der Waals surface area (Å²) >= 11 is 0. The number of carbonyl (C=O) groups excluding carboxylic acids is 1. The van der Waals surface area contributed by atoms with Gasteiger partial charge >= 0.3 is 0 Å². The molecule has 1 fully saturated rings. The molecular weight excluding hydrogens is 277 g/mol. The van der Waals surface area contributed by atoms with Crippen LogP contribution in [0.4, 0.5) is 10.1 Å². The molecule has 1 aromatic carbocycles. The van der Waals surface area contributed by atoms with Gasteiger partial charge in [-0.3, -0.25) is 14.9 Å². The third-order valence-corrected chi connectivity index (χ3v) is 3.81. The fraction of sp³-hybridized carbons (Fsp3) is 0.500. The second-order valence-electron chi connectivity index (χ2n) is 5.43. The van der Waals surface area contributed by atoms with E-state index in [1.54, 1.807) is 4.90 Å². The van der Waals surface area contributed by atoms with Crippen LogP contribution >= 0.6 is 0 Å². The first-order chi connectivity index (χ1) is 9.90. The van der Waals surface area contributed by atoms with Crippen LogP contribution in [0, 0.1) is 15.9 Å². The lowest BCUT2D eigenvalue weighted by Crippen LogP contribution is -2.47. The Labute approximate surface area is 122 Å². The molecule has 1 atom stereocenters. The number of rotatable bonds is 3. The lowest BCUT2D eigenvalue weighted by atomic mass is 10.0. The van der Waals surface area contributed by atoms with Crippen molar-refractivity contribution in [3.8, 4) is 0 Å². The van der Waals surface area contributed by atoms with Gasteiger partial charge in [0.15, 0.2) is 0 Å². The van der Waals surface area contributed by atoms with Crippen molar-refractivity contribution in [1.82, 2.24) is 9.80 Å². The zero-order valence-corrected chi connectivity index (χ0v) is 12.1. The van der Waals surface area contributed by atoms with E-state index >= 15 is 0 Å². The predicted molar refractivity (Wildman–Crippen MR) is 75.7 cm³/mol. The number of amides is 1. The van der Waals surface area contributed by atoms with Crippen molar-refractivity contribution in [2.24, 2.45) is 0 Å². The van der Waals surface area contributed by atoms with Crippen molar-refractivity contribution in [3.05, 3.63) is 39.7 Å². The standard InChI is InChI=1S/C14H18FN3O3/c1-16(2)11-4-3-7-17(9-11)14(19)12-8-10(18(20)21)5-6-13(12)15/h5-6,8,11H,3-4,7,9H2,1-2H3. The molecule has 1 aliphatic heterocycles. The number of carbonyl (C=O) groups is 1. The molecule has 0 spiro atoms. The molecule has 0 aliphatic carbocycles. The van der Waals surface area contributed by atoms with E-state index in [9.17, 15) is 19.3 Å². The van der Waals surface area contributed by atoms with E-state index < -0.39 is 16.6 Å². The summed E-state index contributed by atoms with van der Waals surface area (Å²) in [6.45, 7) is 1.05. The molecule has 0 aromatic heterocycles. The quantitative estimate of drug-likeness (QED) is 0.631. The maximum Gasteiger partial charge on any atom is 0.270 e. The second-order valence-corrected chi connectivity index (χ2v) is 5.43. The Kier molecular flexibility index (Phi) is 4.52. The monoisotopic (exact) mass is 295 g/mol. The van der Waals surface area contributed by atoms with E-state index in [0.717, 1.165) is 31.0 Å². The molecule has 0 bridgehead atoms. The Hall–Kier alpha value is -2.02. The molecule has 1 heterocycles. The Morgan fingerprint density at radius 2 is 2.19 bits per heavy atom. The minimum Gasteiger partial charge on any atom is -0.337 e. The van der Waals surface area contributed by atoms with Gasteiger partial charge in [0.1, 0.15) is 5.82 Å². The summed E-state index contributed by atoms with van der Waals surface area (Å²) in [6.07, 6.45) is 1.82. The highest BCUT2D eigenvalue weighted by Crippen LogP contribution is 2.21. The number of benzene rings is 1. The summed E-state index contributed by atoms with van der Waals surface area (Å²) in [4.78, 5) is 26.1. The lowest BCUT2D eigenvalue weighted by molar-refractivity contribution is -0.384. The molecule has 114 valence electrons. The number of likely N-dealkylation sites (N-methyl/N-ethyl adjacent to an activating group) is 1. The molecule has 7 heteroatoms. The third kappa shape index (κ3) is 3.36. The number of hydrogen-bond acceptors (Lipinski definition) is 4. The summed E-state index contributed by atoms with van der Waals surface area (Å²) in [5, 5.41) is 10.8.